The van der Waals surface area contributed by atoms with Crippen LogP contribution in [-0.2, 0) is 11.3 Å². The number of aliphatic imine (C=N–C) groups is 1. The van der Waals surface area contributed by atoms with Crippen molar-refractivity contribution in [2.24, 2.45) is 4.99 Å². The quantitative estimate of drug-likeness (QED) is 0.536. The number of nitrogens with one attached hydrogen (secondary N) is 2. The fraction of sp³-hybridized carbons (Fsp3) is 0.300. The highest BCUT2D eigenvalue weighted by atomic mass is 19.3. The van der Waals surface area contributed by atoms with Crippen molar-refractivity contribution in [3.05, 3.63) is 60.2 Å². The zero-order chi connectivity index (χ0) is 20.4. The third-order valence-electron chi connectivity index (χ3n) is 3.69. The number of amides is 1. The number of halogens is 2. The van der Waals surface area contributed by atoms with E-state index >= 15 is 0 Å². The van der Waals surface area contributed by atoms with E-state index in [0.717, 1.165) is 5.56 Å². The molecule has 0 aromatic heterocycles. The standard InChI is InChI=1S/C20H24F2N4O2/c1-3-23-20(24-13-18(27)25-16-7-5-4-6-8-16)26(2)14-15-9-11-17(12-10-15)28-19(21)22/h4-12,19H,3,13-14H2,1-2H3,(H,23,24)(H,25,27). The van der Waals surface area contributed by atoms with Crippen molar-refractivity contribution in [1.82, 2.24) is 10.2 Å². The Balaban J connectivity index is 1.95. The van der Waals surface area contributed by atoms with Crippen LogP contribution in [0.3, 0.4) is 0 Å². The van der Waals surface area contributed by atoms with Crippen molar-refractivity contribution in [3.8, 4) is 5.75 Å². The summed E-state index contributed by atoms with van der Waals surface area (Å²) in [6.07, 6.45) is 0. The highest BCUT2D eigenvalue weighted by Gasteiger charge is 2.09. The van der Waals surface area contributed by atoms with Crippen molar-refractivity contribution in [2.45, 2.75) is 20.1 Å². The predicted molar refractivity (Wildman–Crippen MR) is 106 cm³/mol. The molecule has 0 bridgehead atoms. The Hall–Kier alpha value is -3.16. The Morgan fingerprint density at radius 3 is 2.43 bits per heavy atom. The minimum atomic E-state index is -2.84. The van der Waals surface area contributed by atoms with E-state index < -0.39 is 6.61 Å². The summed E-state index contributed by atoms with van der Waals surface area (Å²) in [5.41, 5.74) is 1.61. The van der Waals surface area contributed by atoms with Crippen LogP contribution in [-0.4, -0.2) is 43.5 Å². The molecule has 0 aliphatic rings. The predicted octanol–water partition coefficient (Wildman–Crippen LogP) is 3.32. The van der Waals surface area contributed by atoms with E-state index in [2.05, 4.69) is 20.4 Å². The lowest BCUT2D eigenvalue weighted by molar-refractivity contribution is -0.114. The molecule has 0 saturated carbocycles. The molecule has 2 N–H and O–H groups in total. The minimum Gasteiger partial charge on any atom is -0.435 e. The van der Waals surface area contributed by atoms with Gasteiger partial charge in [0.25, 0.3) is 0 Å². The molecule has 2 rings (SSSR count). The van der Waals surface area contributed by atoms with Gasteiger partial charge in [0, 0.05) is 25.8 Å². The SMILES string of the molecule is CCNC(=NCC(=O)Nc1ccccc1)N(C)Cc1ccc(OC(F)F)cc1. The van der Waals surface area contributed by atoms with Crippen LogP contribution >= 0.6 is 0 Å². The number of nitrogens with zero attached hydrogens (tertiary/aromatic N) is 2. The van der Waals surface area contributed by atoms with Gasteiger partial charge in [-0.2, -0.15) is 8.78 Å². The second kappa shape index (κ2) is 10.9. The van der Waals surface area contributed by atoms with Gasteiger partial charge in [0.15, 0.2) is 5.96 Å². The maximum Gasteiger partial charge on any atom is 0.387 e. The number of benzene rings is 2. The van der Waals surface area contributed by atoms with E-state index in [1.54, 1.807) is 24.3 Å². The lowest BCUT2D eigenvalue weighted by Crippen LogP contribution is -2.39. The molecule has 2 aromatic rings. The lowest BCUT2D eigenvalue weighted by atomic mass is 10.2. The number of hydrogen-bond acceptors (Lipinski definition) is 3. The summed E-state index contributed by atoms with van der Waals surface area (Å²) in [4.78, 5) is 18.3. The molecule has 28 heavy (non-hydrogen) atoms. The Morgan fingerprint density at radius 1 is 1.14 bits per heavy atom. The number of ether oxygens (including phenoxy) is 1. The summed E-state index contributed by atoms with van der Waals surface area (Å²) in [7, 11) is 1.83. The van der Waals surface area contributed by atoms with Crippen molar-refractivity contribution in [2.75, 3.05) is 25.5 Å². The summed E-state index contributed by atoms with van der Waals surface area (Å²) in [5.74, 6) is 0.460. The number of para-hydroxylation sites is 1. The molecule has 1 amide bonds. The molecule has 0 atom stereocenters. The van der Waals surface area contributed by atoms with Gasteiger partial charge < -0.3 is 20.3 Å². The number of anilines is 1. The average molecular weight is 390 g/mol. The van der Waals surface area contributed by atoms with Crippen LogP contribution in [0.15, 0.2) is 59.6 Å². The number of hydrogen-bond donors (Lipinski definition) is 2. The normalized spacial score (nSPS) is 11.2. The molecule has 6 nitrogen and oxygen atoms in total. The molecule has 150 valence electrons. The van der Waals surface area contributed by atoms with Gasteiger partial charge in [-0.15, -0.1) is 0 Å². The monoisotopic (exact) mass is 390 g/mol. The van der Waals surface area contributed by atoms with Crippen molar-refractivity contribution >= 4 is 17.6 Å². The number of alkyl halides is 2. The maximum absolute atomic E-state index is 12.2. The van der Waals surface area contributed by atoms with Gasteiger partial charge in [-0.25, -0.2) is 4.99 Å². The van der Waals surface area contributed by atoms with E-state index in [0.29, 0.717) is 24.7 Å². The second-order valence-corrected chi connectivity index (χ2v) is 5.96. The average Bonchev–Trinajstić information content (AvgIpc) is 2.67. The fourth-order valence-corrected chi connectivity index (χ4v) is 2.46. The van der Waals surface area contributed by atoms with Crippen molar-refractivity contribution < 1.29 is 18.3 Å². The van der Waals surface area contributed by atoms with Crippen molar-refractivity contribution in [1.29, 1.82) is 0 Å². The molecule has 0 fully saturated rings. The molecule has 0 spiro atoms. The molecular weight excluding hydrogens is 366 g/mol. The number of rotatable bonds is 8. The zero-order valence-corrected chi connectivity index (χ0v) is 15.9. The van der Waals surface area contributed by atoms with Gasteiger partial charge in [-0.05, 0) is 36.8 Å². The maximum atomic E-state index is 12.2. The first-order valence-electron chi connectivity index (χ1n) is 8.86. The molecule has 0 saturated heterocycles. The van der Waals surface area contributed by atoms with Gasteiger partial charge in [0.1, 0.15) is 12.3 Å². The van der Waals surface area contributed by atoms with Crippen LogP contribution in [0, 0.1) is 0 Å². The number of carbonyl (C=O) groups excluding carboxylic acids is 1. The fourth-order valence-electron chi connectivity index (χ4n) is 2.46. The number of guanidine groups is 1. The van der Waals surface area contributed by atoms with Crippen LogP contribution in [0.25, 0.3) is 0 Å². The topological polar surface area (TPSA) is 66.0 Å². The number of carbonyl (C=O) groups is 1. The van der Waals surface area contributed by atoms with Gasteiger partial charge in [0.05, 0.1) is 0 Å². The Bertz CT molecular complexity index is 768. The Kier molecular flexibility index (Phi) is 8.20. The highest BCUT2D eigenvalue weighted by molar-refractivity contribution is 5.94. The molecule has 8 heteroatoms. The van der Waals surface area contributed by atoms with Crippen LogP contribution in [0.5, 0.6) is 5.75 Å². The summed E-state index contributed by atoms with van der Waals surface area (Å²) in [5, 5.41) is 5.91. The molecule has 0 aliphatic heterocycles. The van der Waals surface area contributed by atoms with Gasteiger partial charge in [-0.3, -0.25) is 4.79 Å². The first-order chi connectivity index (χ1) is 13.5. The van der Waals surface area contributed by atoms with E-state index in [4.69, 9.17) is 0 Å². The van der Waals surface area contributed by atoms with E-state index in [1.807, 2.05) is 37.1 Å². The molecule has 0 heterocycles. The summed E-state index contributed by atoms with van der Waals surface area (Å²) < 4.78 is 28.8. The van der Waals surface area contributed by atoms with Gasteiger partial charge in [0.2, 0.25) is 5.91 Å². The smallest absolute Gasteiger partial charge is 0.387 e. The Labute approximate surface area is 163 Å². The van der Waals surface area contributed by atoms with Gasteiger partial charge in [-0.1, -0.05) is 30.3 Å². The molecule has 0 aliphatic carbocycles. The Morgan fingerprint density at radius 2 is 1.82 bits per heavy atom. The molecule has 0 radical (unpaired) electrons. The largest absolute Gasteiger partial charge is 0.435 e. The van der Waals surface area contributed by atoms with Gasteiger partial charge >= 0.3 is 6.61 Å². The van der Waals surface area contributed by atoms with Crippen LogP contribution in [0.2, 0.25) is 0 Å². The summed E-state index contributed by atoms with van der Waals surface area (Å²) >= 11 is 0. The minimum absolute atomic E-state index is 0.0251. The second-order valence-electron chi connectivity index (χ2n) is 5.96. The highest BCUT2D eigenvalue weighted by Crippen LogP contribution is 2.15. The third kappa shape index (κ3) is 7.22. The lowest BCUT2D eigenvalue weighted by Gasteiger charge is -2.22. The van der Waals surface area contributed by atoms with Crippen molar-refractivity contribution in [3.63, 3.8) is 0 Å². The van der Waals surface area contributed by atoms with Crippen LogP contribution in [0.4, 0.5) is 14.5 Å². The summed E-state index contributed by atoms with van der Waals surface area (Å²) in [6.45, 7) is 0.196. The van der Waals surface area contributed by atoms with Crippen LogP contribution < -0.4 is 15.4 Å². The van der Waals surface area contributed by atoms with E-state index in [1.165, 1.54) is 12.1 Å². The third-order valence-corrected chi connectivity index (χ3v) is 3.69. The first-order valence-corrected chi connectivity index (χ1v) is 8.86. The summed E-state index contributed by atoms with van der Waals surface area (Å²) in [6, 6.07) is 15.6. The van der Waals surface area contributed by atoms with E-state index in [9.17, 15) is 13.6 Å². The molecule has 2 aromatic carbocycles. The first kappa shape index (κ1) is 21.1. The molecular formula is C20H24F2N4O2. The van der Waals surface area contributed by atoms with Crippen LogP contribution in [0.1, 0.15) is 12.5 Å². The molecule has 0 unspecified atom stereocenters. The zero-order valence-electron chi connectivity index (χ0n) is 15.9. The van der Waals surface area contributed by atoms with E-state index in [-0.39, 0.29) is 18.2 Å².